The van der Waals surface area contributed by atoms with Crippen LogP contribution in [-0.2, 0) is 5.41 Å². The Balaban J connectivity index is 2.45. The van der Waals surface area contributed by atoms with Crippen molar-refractivity contribution < 1.29 is 0 Å². The van der Waals surface area contributed by atoms with E-state index in [9.17, 15) is 0 Å². The molecule has 2 heterocycles. The van der Waals surface area contributed by atoms with Crippen LogP contribution in [0.4, 0.5) is 0 Å². The van der Waals surface area contributed by atoms with Crippen LogP contribution in [0.5, 0.6) is 0 Å². The van der Waals surface area contributed by atoms with Gasteiger partial charge in [0.2, 0.25) is 0 Å². The third-order valence-corrected chi connectivity index (χ3v) is 4.18. The molecule has 0 bridgehead atoms. The van der Waals surface area contributed by atoms with Crippen molar-refractivity contribution in [1.82, 2.24) is 9.97 Å². The minimum absolute atomic E-state index is 0.0549. The van der Waals surface area contributed by atoms with E-state index in [2.05, 4.69) is 25.8 Å². The van der Waals surface area contributed by atoms with Crippen molar-refractivity contribution in [3.8, 4) is 11.3 Å². The predicted octanol–water partition coefficient (Wildman–Crippen LogP) is 2.75. The number of hydrogen-bond acceptors (Lipinski definition) is 4. The Morgan fingerprint density at radius 2 is 1.94 bits per heavy atom. The Morgan fingerprint density at radius 1 is 1.29 bits per heavy atom. The number of aryl methyl sites for hydroxylation is 1. The van der Waals surface area contributed by atoms with Crippen LogP contribution in [0.1, 0.15) is 23.7 Å². The van der Waals surface area contributed by atoms with Gasteiger partial charge in [-0.2, -0.15) is 0 Å². The van der Waals surface area contributed by atoms with Gasteiger partial charge in [-0.05, 0) is 19.1 Å². The van der Waals surface area contributed by atoms with Crippen LogP contribution in [0, 0.1) is 6.92 Å². The fourth-order valence-electron chi connectivity index (χ4n) is 1.55. The van der Waals surface area contributed by atoms with E-state index in [0.29, 0.717) is 6.54 Å². The molecule has 0 atom stereocenters. The monoisotopic (exact) mass is 247 g/mol. The van der Waals surface area contributed by atoms with Crippen LogP contribution in [0.25, 0.3) is 11.3 Å². The number of nitrogens with zero attached hydrogens (tertiary/aromatic N) is 2. The van der Waals surface area contributed by atoms with Crippen LogP contribution in [0.3, 0.4) is 0 Å². The number of pyridine rings is 1. The summed E-state index contributed by atoms with van der Waals surface area (Å²) < 4.78 is 0. The molecule has 0 saturated carbocycles. The summed E-state index contributed by atoms with van der Waals surface area (Å²) in [5.74, 6) is 0. The molecule has 90 valence electrons. The zero-order valence-corrected chi connectivity index (χ0v) is 11.2. The van der Waals surface area contributed by atoms with Gasteiger partial charge >= 0.3 is 0 Å². The normalized spacial score (nSPS) is 11.8. The molecule has 4 heteroatoms. The molecule has 0 aliphatic rings. The maximum atomic E-state index is 5.79. The highest BCUT2D eigenvalue weighted by atomic mass is 32.1. The van der Waals surface area contributed by atoms with Crippen molar-refractivity contribution in [3.63, 3.8) is 0 Å². The first-order valence-corrected chi connectivity index (χ1v) is 6.44. The van der Waals surface area contributed by atoms with E-state index in [1.807, 2.05) is 12.1 Å². The second-order valence-corrected chi connectivity index (χ2v) is 5.95. The van der Waals surface area contributed by atoms with Crippen molar-refractivity contribution in [2.75, 3.05) is 6.54 Å². The van der Waals surface area contributed by atoms with Crippen molar-refractivity contribution in [2.45, 2.75) is 26.2 Å². The zero-order valence-electron chi connectivity index (χ0n) is 10.4. The summed E-state index contributed by atoms with van der Waals surface area (Å²) in [5, 5.41) is 1.10. The molecule has 0 aliphatic heterocycles. The lowest BCUT2D eigenvalue weighted by atomic mass is 9.95. The summed E-state index contributed by atoms with van der Waals surface area (Å²) in [6.45, 7) is 6.96. The van der Waals surface area contributed by atoms with E-state index >= 15 is 0 Å². The standard InChI is InChI=1S/C13H17N3S/c1-9-11(10-4-6-15-7-5-10)16-12(17-9)13(2,3)8-14/h4-7H,8,14H2,1-3H3. The average Bonchev–Trinajstić information content (AvgIpc) is 2.73. The Bertz CT molecular complexity index is 503. The lowest BCUT2D eigenvalue weighted by Gasteiger charge is -2.18. The number of hydrogen-bond donors (Lipinski definition) is 1. The third-order valence-electron chi connectivity index (χ3n) is 2.84. The van der Waals surface area contributed by atoms with Gasteiger partial charge in [0.1, 0.15) is 5.01 Å². The molecule has 2 aromatic heterocycles. The summed E-state index contributed by atoms with van der Waals surface area (Å²) in [5.41, 5.74) is 7.91. The Hall–Kier alpha value is -1.26. The van der Waals surface area contributed by atoms with Gasteiger partial charge in [-0.3, -0.25) is 4.98 Å². The summed E-state index contributed by atoms with van der Waals surface area (Å²) >= 11 is 1.73. The van der Waals surface area contributed by atoms with Gasteiger partial charge in [0.05, 0.1) is 5.69 Å². The number of nitrogens with two attached hydrogens (primary N) is 1. The van der Waals surface area contributed by atoms with Crippen molar-refractivity contribution in [2.24, 2.45) is 5.73 Å². The highest BCUT2D eigenvalue weighted by Crippen LogP contribution is 2.33. The molecule has 0 radical (unpaired) electrons. The van der Waals surface area contributed by atoms with E-state index in [1.54, 1.807) is 23.7 Å². The first-order valence-electron chi connectivity index (χ1n) is 5.63. The Kier molecular flexibility index (Phi) is 3.26. The average molecular weight is 247 g/mol. The summed E-state index contributed by atoms with van der Waals surface area (Å²) in [6, 6.07) is 3.97. The summed E-state index contributed by atoms with van der Waals surface area (Å²) in [6.07, 6.45) is 3.59. The SMILES string of the molecule is Cc1sc(C(C)(C)CN)nc1-c1ccncc1. The van der Waals surface area contributed by atoms with Gasteiger partial charge in [-0.1, -0.05) is 13.8 Å². The zero-order chi connectivity index (χ0) is 12.5. The molecular weight excluding hydrogens is 230 g/mol. The largest absolute Gasteiger partial charge is 0.330 e. The van der Waals surface area contributed by atoms with Crippen molar-refractivity contribution >= 4 is 11.3 Å². The van der Waals surface area contributed by atoms with Crippen LogP contribution in [0.2, 0.25) is 0 Å². The van der Waals surface area contributed by atoms with E-state index in [4.69, 9.17) is 10.7 Å². The Labute approximate surface area is 106 Å². The third kappa shape index (κ3) is 2.37. The van der Waals surface area contributed by atoms with E-state index in [-0.39, 0.29) is 5.41 Å². The number of rotatable bonds is 3. The summed E-state index contributed by atoms with van der Waals surface area (Å²) in [4.78, 5) is 9.99. The molecule has 0 saturated heterocycles. The lowest BCUT2D eigenvalue weighted by Crippen LogP contribution is -2.27. The fourth-order valence-corrected chi connectivity index (χ4v) is 2.60. The molecule has 0 amide bonds. The van der Waals surface area contributed by atoms with Gasteiger partial charge in [-0.15, -0.1) is 11.3 Å². The molecule has 17 heavy (non-hydrogen) atoms. The highest BCUT2D eigenvalue weighted by molar-refractivity contribution is 7.12. The number of aromatic nitrogens is 2. The Morgan fingerprint density at radius 3 is 2.53 bits per heavy atom. The van der Waals surface area contributed by atoms with Gasteiger partial charge in [0, 0.05) is 34.8 Å². The van der Waals surface area contributed by atoms with E-state index < -0.39 is 0 Å². The molecule has 2 N–H and O–H groups in total. The minimum Gasteiger partial charge on any atom is -0.330 e. The predicted molar refractivity (Wildman–Crippen MR) is 72.2 cm³/mol. The molecule has 2 rings (SSSR count). The highest BCUT2D eigenvalue weighted by Gasteiger charge is 2.24. The van der Waals surface area contributed by atoms with E-state index in [1.165, 1.54) is 4.88 Å². The van der Waals surface area contributed by atoms with Crippen LogP contribution < -0.4 is 5.73 Å². The molecule has 0 spiro atoms. The first-order chi connectivity index (χ1) is 8.04. The molecule has 0 aliphatic carbocycles. The van der Waals surface area contributed by atoms with Crippen LogP contribution in [0.15, 0.2) is 24.5 Å². The second kappa shape index (κ2) is 4.55. The number of thiazole rings is 1. The molecule has 3 nitrogen and oxygen atoms in total. The fraction of sp³-hybridized carbons (Fsp3) is 0.385. The molecule has 0 fully saturated rings. The summed E-state index contributed by atoms with van der Waals surface area (Å²) in [7, 11) is 0. The molecular formula is C13H17N3S. The second-order valence-electron chi connectivity index (χ2n) is 4.75. The molecule has 0 aromatic carbocycles. The van der Waals surface area contributed by atoms with Gasteiger partial charge in [0.25, 0.3) is 0 Å². The first kappa shape index (κ1) is 12.2. The smallest absolute Gasteiger partial charge is 0.100 e. The van der Waals surface area contributed by atoms with E-state index in [0.717, 1.165) is 16.3 Å². The van der Waals surface area contributed by atoms with Crippen molar-refractivity contribution in [3.05, 3.63) is 34.4 Å². The van der Waals surface area contributed by atoms with Gasteiger partial charge in [0.15, 0.2) is 0 Å². The molecule has 2 aromatic rings. The van der Waals surface area contributed by atoms with Gasteiger partial charge in [-0.25, -0.2) is 4.98 Å². The lowest BCUT2D eigenvalue weighted by molar-refractivity contribution is 0.536. The quantitative estimate of drug-likeness (QED) is 0.907. The maximum absolute atomic E-state index is 5.79. The van der Waals surface area contributed by atoms with Crippen LogP contribution in [-0.4, -0.2) is 16.5 Å². The van der Waals surface area contributed by atoms with Crippen molar-refractivity contribution in [1.29, 1.82) is 0 Å². The molecule has 0 unspecified atom stereocenters. The van der Waals surface area contributed by atoms with Crippen LogP contribution >= 0.6 is 11.3 Å². The van der Waals surface area contributed by atoms with Gasteiger partial charge < -0.3 is 5.73 Å². The minimum atomic E-state index is -0.0549. The maximum Gasteiger partial charge on any atom is 0.100 e. The topological polar surface area (TPSA) is 51.8 Å².